The average Bonchev–Trinajstić information content (AvgIpc) is 3.60. The highest BCUT2D eigenvalue weighted by Crippen LogP contribution is 2.54. The topological polar surface area (TPSA) is 68.6 Å². The zero-order chi connectivity index (χ0) is 23.6. The Morgan fingerprint density at radius 2 is 1.91 bits per heavy atom. The molecule has 34 heavy (non-hydrogen) atoms. The number of ketones is 1. The highest BCUT2D eigenvalue weighted by molar-refractivity contribution is 7.98. The zero-order valence-corrected chi connectivity index (χ0v) is 20.0. The van der Waals surface area contributed by atoms with Gasteiger partial charge in [0, 0.05) is 41.4 Å². The monoisotopic (exact) mass is 492 g/mol. The van der Waals surface area contributed by atoms with Gasteiger partial charge in [0.2, 0.25) is 11.2 Å². The second-order valence-corrected chi connectivity index (χ2v) is 10.5. The molecule has 1 unspecified atom stereocenters. The van der Waals surface area contributed by atoms with E-state index in [0.717, 1.165) is 40.2 Å². The maximum absolute atomic E-state index is 13.6. The zero-order valence-electron chi connectivity index (χ0n) is 18.4. The van der Waals surface area contributed by atoms with Crippen molar-refractivity contribution in [3.05, 3.63) is 92.4 Å². The lowest BCUT2D eigenvalue weighted by Gasteiger charge is -2.43. The fourth-order valence-corrected chi connectivity index (χ4v) is 6.36. The second-order valence-electron chi connectivity index (χ2n) is 9.08. The van der Waals surface area contributed by atoms with E-state index >= 15 is 0 Å². The molecular formula is C26H21ClN2O4S. The van der Waals surface area contributed by atoms with Gasteiger partial charge in [0.1, 0.15) is 0 Å². The molecule has 1 saturated carbocycles. The normalized spacial score (nSPS) is 19.6. The first-order valence-electron chi connectivity index (χ1n) is 11.1. The Labute approximate surface area is 205 Å². The number of esters is 1. The number of thioether (sulfide) groups is 1. The molecule has 3 aromatic rings. The molecular weight excluding hydrogens is 472 g/mol. The lowest BCUT2D eigenvalue weighted by atomic mass is 9.90. The molecule has 2 aliphatic heterocycles. The van der Waals surface area contributed by atoms with Gasteiger partial charge in [-0.2, -0.15) is 0 Å². The van der Waals surface area contributed by atoms with E-state index in [4.69, 9.17) is 16.3 Å². The largest absolute Gasteiger partial charge is 0.420 e. The fraction of sp³-hybridized carbons (Fsp3) is 0.269. The van der Waals surface area contributed by atoms with Crippen LogP contribution in [0.1, 0.15) is 53.0 Å². The second kappa shape index (κ2) is 7.75. The molecule has 0 saturated heterocycles. The number of aromatic nitrogens is 1. The van der Waals surface area contributed by atoms with E-state index in [1.807, 2.05) is 24.3 Å². The van der Waals surface area contributed by atoms with Crippen molar-refractivity contribution in [3.8, 4) is 5.75 Å². The molecule has 6 rings (SSSR count). The summed E-state index contributed by atoms with van der Waals surface area (Å²) in [5, 5.41) is 2.82. The molecule has 1 spiro atoms. The molecule has 8 heteroatoms. The van der Waals surface area contributed by atoms with E-state index in [1.54, 1.807) is 22.6 Å². The van der Waals surface area contributed by atoms with Crippen molar-refractivity contribution in [2.24, 2.45) is 5.41 Å². The van der Waals surface area contributed by atoms with Crippen LogP contribution in [0.2, 0.25) is 5.02 Å². The van der Waals surface area contributed by atoms with E-state index in [0.29, 0.717) is 11.6 Å². The van der Waals surface area contributed by atoms with Crippen LogP contribution in [-0.2, 0) is 10.5 Å². The summed E-state index contributed by atoms with van der Waals surface area (Å²) in [6, 6.07) is 15.4. The summed E-state index contributed by atoms with van der Waals surface area (Å²) in [7, 11) is 0. The minimum absolute atomic E-state index is 0.134. The van der Waals surface area contributed by atoms with Crippen LogP contribution in [0.5, 0.6) is 5.75 Å². The summed E-state index contributed by atoms with van der Waals surface area (Å²) in [4.78, 5) is 39.3. The lowest BCUT2D eigenvalue weighted by molar-refractivity contribution is -0.132. The van der Waals surface area contributed by atoms with Crippen LogP contribution in [0, 0.1) is 5.41 Å². The third kappa shape index (κ3) is 3.29. The van der Waals surface area contributed by atoms with E-state index in [2.05, 4.69) is 23.2 Å². The van der Waals surface area contributed by atoms with E-state index in [9.17, 15) is 14.4 Å². The van der Waals surface area contributed by atoms with Gasteiger partial charge < -0.3 is 4.74 Å². The molecule has 0 amide bonds. The van der Waals surface area contributed by atoms with Crippen molar-refractivity contribution < 1.29 is 14.3 Å². The van der Waals surface area contributed by atoms with Gasteiger partial charge in [-0.3, -0.25) is 24.1 Å². The Kier molecular flexibility index (Phi) is 4.90. The molecule has 1 aromatic heterocycles. The lowest BCUT2D eigenvalue weighted by Crippen LogP contribution is -2.52. The summed E-state index contributed by atoms with van der Waals surface area (Å²) in [6.45, 7) is 1.74. The number of pyridine rings is 1. The van der Waals surface area contributed by atoms with Crippen LogP contribution in [0.3, 0.4) is 0 Å². The Bertz CT molecular complexity index is 1430. The number of benzene rings is 2. The molecule has 172 valence electrons. The van der Waals surface area contributed by atoms with E-state index in [-0.39, 0.29) is 23.3 Å². The van der Waals surface area contributed by atoms with Gasteiger partial charge in [0.15, 0.2) is 11.5 Å². The van der Waals surface area contributed by atoms with E-state index in [1.165, 1.54) is 13.0 Å². The van der Waals surface area contributed by atoms with Gasteiger partial charge in [0.25, 0.3) is 0 Å². The highest BCUT2D eigenvalue weighted by Gasteiger charge is 2.57. The van der Waals surface area contributed by atoms with E-state index < -0.39 is 16.8 Å². The number of carbonyl (C=O) groups is 2. The highest BCUT2D eigenvalue weighted by atomic mass is 35.5. The third-order valence-corrected chi connectivity index (χ3v) is 8.24. The summed E-state index contributed by atoms with van der Waals surface area (Å²) in [5.74, 6) is -0.178. The molecule has 0 radical (unpaired) electrons. The van der Waals surface area contributed by atoms with Crippen LogP contribution in [0.4, 0.5) is 0 Å². The number of ether oxygens (including phenoxy) is 1. The first-order valence-corrected chi connectivity index (χ1v) is 12.5. The molecule has 3 heterocycles. The molecule has 2 aromatic carbocycles. The predicted molar refractivity (Wildman–Crippen MR) is 130 cm³/mol. The molecule has 1 atom stereocenters. The van der Waals surface area contributed by atoms with Crippen molar-refractivity contribution in [3.63, 3.8) is 0 Å². The number of nitrogens with zero attached hydrogens (tertiary/aromatic N) is 2. The number of rotatable bonds is 2. The number of hydrogen-bond donors (Lipinski definition) is 0. The summed E-state index contributed by atoms with van der Waals surface area (Å²) >= 11 is 8.12. The molecule has 1 fully saturated rings. The van der Waals surface area contributed by atoms with Crippen LogP contribution < -0.4 is 15.2 Å². The Morgan fingerprint density at radius 3 is 2.68 bits per heavy atom. The number of carbonyl (C=O) groups excluding carboxylic acids is 2. The standard InChI is InChI=1S/C26H21ClN2O4S/c1-15(30)33-24-20(31)8-11-28-23(24)25(32)26(9-10-26)14-29(28)22-18-7-6-17(27)12-16(18)13-34-21-5-3-2-4-19(21)22/h2-8,11-12,22H,9-10,13-14H2,1H3. The number of halogens is 1. The van der Waals surface area contributed by atoms with Gasteiger partial charge in [-0.25, -0.2) is 0 Å². The van der Waals surface area contributed by atoms with Crippen LogP contribution in [0.25, 0.3) is 0 Å². The summed E-state index contributed by atoms with van der Waals surface area (Å²) in [5.41, 5.74) is 2.45. The molecule has 0 bridgehead atoms. The Morgan fingerprint density at radius 1 is 1.12 bits per heavy atom. The van der Waals surface area contributed by atoms with Crippen molar-refractivity contribution >= 4 is 35.1 Å². The minimum atomic E-state index is -0.628. The fourth-order valence-electron chi connectivity index (χ4n) is 5.08. The van der Waals surface area contributed by atoms with Gasteiger partial charge >= 0.3 is 5.97 Å². The van der Waals surface area contributed by atoms with Crippen molar-refractivity contribution in [1.29, 1.82) is 0 Å². The first kappa shape index (κ1) is 21.5. The average molecular weight is 493 g/mol. The van der Waals surface area contributed by atoms with Crippen LogP contribution in [-0.4, -0.2) is 23.0 Å². The molecule has 1 aliphatic carbocycles. The number of hydrogen-bond acceptors (Lipinski definition) is 6. The number of Topliss-reactive ketones (excluding diaryl/α,β-unsaturated/α-hetero) is 1. The maximum atomic E-state index is 13.6. The Hall–Kier alpha value is -3.03. The van der Waals surface area contributed by atoms with Crippen LogP contribution in [0.15, 0.2) is 64.4 Å². The van der Waals surface area contributed by atoms with Gasteiger partial charge in [-0.15, -0.1) is 11.8 Å². The summed E-state index contributed by atoms with van der Waals surface area (Å²) in [6.07, 6.45) is 3.09. The first-order chi connectivity index (χ1) is 16.4. The maximum Gasteiger partial charge on any atom is 0.308 e. The van der Waals surface area contributed by atoms with Crippen molar-refractivity contribution in [1.82, 2.24) is 4.68 Å². The quantitative estimate of drug-likeness (QED) is 0.481. The van der Waals surface area contributed by atoms with Gasteiger partial charge in [-0.05, 0) is 47.7 Å². The number of fused-ring (bicyclic) bond motifs is 3. The van der Waals surface area contributed by atoms with Gasteiger partial charge in [-0.1, -0.05) is 35.9 Å². The molecule has 6 nitrogen and oxygen atoms in total. The predicted octanol–water partition coefficient (Wildman–Crippen LogP) is 4.74. The summed E-state index contributed by atoms with van der Waals surface area (Å²) < 4.78 is 7.03. The van der Waals surface area contributed by atoms with Crippen molar-refractivity contribution in [2.75, 3.05) is 11.6 Å². The van der Waals surface area contributed by atoms with Crippen molar-refractivity contribution in [2.45, 2.75) is 36.5 Å². The smallest absolute Gasteiger partial charge is 0.308 e. The minimum Gasteiger partial charge on any atom is -0.420 e. The van der Waals surface area contributed by atoms with Crippen LogP contribution >= 0.6 is 23.4 Å². The third-order valence-electron chi connectivity index (χ3n) is 6.87. The Balaban J connectivity index is 1.62. The SMILES string of the molecule is CC(=O)Oc1c2n(ccc1=O)N(C1c3ccc(Cl)cc3CSc3ccccc31)CC1(CC1)C2=O. The van der Waals surface area contributed by atoms with Gasteiger partial charge in [0.05, 0.1) is 11.5 Å². The molecule has 0 N–H and O–H groups in total. The molecule has 3 aliphatic rings.